The molecule has 1 saturated heterocycles. The summed E-state index contributed by atoms with van der Waals surface area (Å²) in [6.07, 6.45) is -4.38. The molecule has 0 N–H and O–H groups in total. The molecule has 1 aliphatic heterocycles. The molecule has 118 valence electrons. The van der Waals surface area contributed by atoms with Crippen LogP contribution >= 0.6 is 11.3 Å². The number of thiazole rings is 1. The number of amides is 1. The van der Waals surface area contributed by atoms with Crippen LogP contribution in [-0.2, 0) is 17.5 Å². The van der Waals surface area contributed by atoms with E-state index in [1.807, 2.05) is 23.6 Å². The van der Waals surface area contributed by atoms with Crippen LogP contribution < -0.4 is 0 Å². The summed E-state index contributed by atoms with van der Waals surface area (Å²) in [7, 11) is 0. The van der Waals surface area contributed by atoms with Crippen LogP contribution in [0.2, 0.25) is 0 Å². The third kappa shape index (κ3) is 4.16. The van der Waals surface area contributed by atoms with E-state index < -0.39 is 11.9 Å². The lowest BCUT2D eigenvalue weighted by Gasteiger charge is -2.35. The molecule has 1 fully saturated rings. The Kier molecular flexibility index (Phi) is 4.88. The van der Waals surface area contributed by atoms with Crippen molar-refractivity contribution in [3.63, 3.8) is 0 Å². The molecule has 0 spiro atoms. The van der Waals surface area contributed by atoms with Gasteiger partial charge in [0.1, 0.15) is 5.01 Å². The van der Waals surface area contributed by atoms with Crippen molar-refractivity contribution >= 4 is 17.2 Å². The minimum Gasteiger partial charge on any atom is -0.340 e. The molecule has 0 bridgehead atoms. The summed E-state index contributed by atoms with van der Waals surface area (Å²) in [5.74, 6) is 0.105. The lowest BCUT2D eigenvalue weighted by atomic mass is 10.1. The van der Waals surface area contributed by atoms with Crippen LogP contribution in [0.15, 0.2) is 5.38 Å². The summed E-state index contributed by atoms with van der Waals surface area (Å²) in [6, 6.07) is 0. The summed E-state index contributed by atoms with van der Waals surface area (Å²) in [6.45, 7) is 6.71. The molecule has 2 heterocycles. The Bertz CT molecular complexity index is 493. The number of carbonyl (C=O) groups excluding carboxylic acids is 1. The fourth-order valence-electron chi connectivity index (χ4n) is 2.20. The van der Waals surface area contributed by atoms with Crippen LogP contribution in [0, 0.1) is 5.92 Å². The maximum Gasteiger partial charge on any atom is 0.434 e. The first-order valence-electron chi connectivity index (χ1n) is 6.80. The van der Waals surface area contributed by atoms with E-state index in [9.17, 15) is 18.0 Å². The molecule has 0 unspecified atom stereocenters. The maximum absolute atomic E-state index is 12.5. The number of halogens is 3. The third-order valence-electron chi connectivity index (χ3n) is 3.38. The highest BCUT2D eigenvalue weighted by Gasteiger charge is 2.34. The van der Waals surface area contributed by atoms with Crippen LogP contribution in [0.3, 0.4) is 0 Å². The smallest absolute Gasteiger partial charge is 0.340 e. The van der Waals surface area contributed by atoms with Crippen molar-refractivity contribution in [3.05, 3.63) is 16.1 Å². The number of alkyl halides is 3. The molecule has 1 aliphatic rings. The average Bonchev–Trinajstić information content (AvgIpc) is 2.87. The fourth-order valence-corrected chi connectivity index (χ4v) is 3.04. The molecule has 1 aromatic rings. The van der Waals surface area contributed by atoms with Gasteiger partial charge in [-0.25, -0.2) is 4.98 Å². The molecule has 8 heteroatoms. The van der Waals surface area contributed by atoms with Crippen LogP contribution in [0.5, 0.6) is 0 Å². The number of rotatable bonds is 3. The van der Waals surface area contributed by atoms with E-state index in [0.29, 0.717) is 37.7 Å². The minimum absolute atomic E-state index is 0.0233. The van der Waals surface area contributed by atoms with E-state index in [0.717, 1.165) is 16.7 Å². The third-order valence-corrected chi connectivity index (χ3v) is 4.21. The molecule has 0 atom stereocenters. The normalized spacial score (nSPS) is 17.5. The van der Waals surface area contributed by atoms with E-state index in [4.69, 9.17) is 0 Å². The number of carbonyl (C=O) groups is 1. The van der Waals surface area contributed by atoms with Gasteiger partial charge in [0.2, 0.25) is 5.91 Å². The van der Waals surface area contributed by atoms with Crippen LogP contribution in [-0.4, -0.2) is 46.9 Å². The number of nitrogens with zero attached hydrogens (tertiary/aromatic N) is 3. The van der Waals surface area contributed by atoms with Gasteiger partial charge >= 0.3 is 6.18 Å². The molecule has 1 aromatic heterocycles. The summed E-state index contributed by atoms with van der Waals surface area (Å²) in [5.41, 5.74) is -0.823. The van der Waals surface area contributed by atoms with E-state index in [2.05, 4.69) is 4.98 Å². The van der Waals surface area contributed by atoms with Gasteiger partial charge < -0.3 is 4.90 Å². The van der Waals surface area contributed by atoms with Gasteiger partial charge in [-0.2, -0.15) is 13.2 Å². The monoisotopic (exact) mass is 321 g/mol. The predicted molar refractivity (Wildman–Crippen MR) is 73.8 cm³/mol. The summed E-state index contributed by atoms with van der Waals surface area (Å²) < 4.78 is 37.4. The lowest BCUT2D eigenvalue weighted by molar-refractivity contribution is -0.141. The van der Waals surface area contributed by atoms with Gasteiger partial charge in [-0.15, -0.1) is 11.3 Å². The highest BCUT2D eigenvalue weighted by atomic mass is 32.1. The SMILES string of the molecule is CC(C)C(=O)N1CCN(Cc2nc(C(F)(F)F)cs2)CC1. The van der Waals surface area contributed by atoms with E-state index in [1.54, 1.807) is 0 Å². The molecule has 4 nitrogen and oxygen atoms in total. The summed E-state index contributed by atoms with van der Waals surface area (Å²) in [4.78, 5) is 19.3. The van der Waals surface area contributed by atoms with Gasteiger partial charge in [-0.05, 0) is 0 Å². The molecular formula is C13H18F3N3OS. The molecule has 1 amide bonds. The fraction of sp³-hybridized carbons (Fsp3) is 0.692. The molecule has 0 saturated carbocycles. The van der Waals surface area contributed by atoms with Gasteiger partial charge in [0.25, 0.3) is 0 Å². The van der Waals surface area contributed by atoms with Gasteiger partial charge in [0.05, 0.1) is 6.54 Å². The predicted octanol–water partition coefficient (Wildman–Crippen LogP) is 2.46. The Morgan fingerprint density at radius 1 is 1.33 bits per heavy atom. The molecular weight excluding hydrogens is 303 g/mol. The first kappa shape index (κ1) is 16.2. The molecule has 2 rings (SSSR count). The zero-order valence-electron chi connectivity index (χ0n) is 12.0. The summed E-state index contributed by atoms with van der Waals surface area (Å²) in [5, 5.41) is 1.51. The van der Waals surface area contributed by atoms with Crippen molar-refractivity contribution in [3.8, 4) is 0 Å². The Morgan fingerprint density at radius 3 is 2.43 bits per heavy atom. The molecule has 0 aromatic carbocycles. The Balaban J connectivity index is 1.86. The van der Waals surface area contributed by atoms with Crippen molar-refractivity contribution < 1.29 is 18.0 Å². The van der Waals surface area contributed by atoms with Crippen molar-refractivity contribution in [2.75, 3.05) is 26.2 Å². The molecule has 0 radical (unpaired) electrons. The molecule has 21 heavy (non-hydrogen) atoms. The van der Waals surface area contributed by atoms with Crippen molar-refractivity contribution in [1.82, 2.24) is 14.8 Å². The maximum atomic E-state index is 12.5. The Labute approximate surface area is 125 Å². The van der Waals surface area contributed by atoms with Crippen LogP contribution in [0.4, 0.5) is 13.2 Å². The zero-order chi connectivity index (χ0) is 15.6. The number of hydrogen-bond donors (Lipinski definition) is 0. The summed E-state index contributed by atoms with van der Waals surface area (Å²) >= 11 is 1.03. The molecule has 0 aliphatic carbocycles. The largest absolute Gasteiger partial charge is 0.434 e. The second-order valence-corrected chi connectivity index (χ2v) is 6.32. The Hall–Kier alpha value is -1.15. The quantitative estimate of drug-likeness (QED) is 0.858. The van der Waals surface area contributed by atoms with E-state index >= 15 is 0 Å². The standard InChI is InChI=1S/C13H18F3N3OS/c1-9(2)12(20)19-5-3-18(4-6-19)7-11-17-10(8-21-11)13(14,15)16/h8-9H,3-7H2,1-2H3. The highest BCUT2D eigenvalue weighted by molar-refractivity contribution is 7.09. The first-order chi connectivity index (χ1) is 9.77. The van der Waals surface area contributed by atoms with Gasteiger partial charge in [-0.3, -0.25) is 9.69 Å². The second-order valence-electron chi connectivity index (χ2n) is 5.38. The van der Waals surface area contributed by atoms with Gasteiger partial charge in [0, 0.05) is 37.5 Å². The highest BCUT2D eigenvalue weighted by Crippen LogP contribution is 2.30. The van der Waals surface area contributed by atoms with Crippen molar-refractivity contribution in [2.24, 2.45) is 5.92 Å². The van der Waals surface area contributed by atoms with Gasteiger partial charge in [0.15, 0.2) is 5.69 Å². The second kappa shape index (κ2) is 6.31. The van der Waals surface area contributed by atoms with E-state index in [1.165, 1.54) is 0 Å². The number of aromatic nitrogens is 1. The Morgan fingerprint density at radius 2 is 1.95 bits per heavy atom. The van der Waals surface area contributed by atoms with Crippen molar-refractivity contribution in [2.45, 2.75) is 26.6 Å². The van der Waals surface area contributed by atoms with Crippen LogP contribution in [0.25, 0.3) is 0 Å². The number of hydrogen-bond acceptors (Lipinski definition) is 4. The van der Waals surface area contributed by atoms with Gasteiger partial charge in [-0.1, -0.05) is 13.8 Å². The topological polar surface area (TPSA) is 36.4 Å². The zero-order valence-corrected chi connectivity index (χ0v) is 12.8. The number of piperazine rings is 1. The average molecular weight is 321 g/mol. The van der Waals surface area contributed by atoms with Crippen LogP contribution in [0.1, 0.15) is 24.5 Å². The minimum atomic E-state index is -4.38. The lowest BCUT2D eigenvalue weighted by Crippen LogP contribution is -2.49. The van der Waals surface area contributed by atoms with Crippen molar-refractivity contribution in [1.29, 1.82) is 0 Å². The first-order valence-corrected chi connectivity index (χ1v) is 7.68. The van der Waals surface area contributed by atoms with E-state index in [-0.39, 0.29) is 11.8 Å².